The van der Waals surface area contributed by atoms with Crippen LogP contribution in [-0.4, -0.2) is 0 Å². The van der Waals surface area contributed by atoms with Crippen molar-refractivity contribution in [1.82, 2.24) is 0 Å². The van der Waals surface area contributed by atoms with E-state index in [1.807, 2.05) is 0 Å². The molecule has 0 N–H and O–H groups in total. The Bertz CT molecular complexity index is 902. The average molecular weight is 371 g/mol. The van der Waals surface area contributed by atoms with Gasteiger partial charge in [0, 0.05) is 11.8 Å². The molecule has 2 aromatic carbocycles. The van der Waals surface area contributed by atoms with E-state index in [1.165, 1.54) is 46.2 Å². The van der Waals surface area contributed by atoms with Crippen LogP contribution in [0.2, 0.25) is 0 Å². The van der Waals surface area contributed by atoms with Crippen molar-refractivity contribution >= 4 is 12.2 Å². The van der Waals surface area contributed by atoms with Crippen molar-refractivity contribution in [3.63, 3.8) is 0 Å². The fourth-order valence-electron chi connectivity index (χ4n) is 5.65. The van der Waals surface area contributed by atoms with Gasteiger partial charge in [-0.25, -0.2) is 0 Å². The van der Waals surface area contributed by atoms with Gasteiger partial charge in [0.25, 0.3) is 0 Å². The first-order valence-electron chi connectivity index (χ1n) is 11.1. The number of hydrogen-bond donors (Lipinski definition) is 0. The zero-order valence-corrected chi connectivity index (χ0v) is 18.4. The molecule has 0 bridgehead atoms. The second kappa shape index (κ2) is 7.39. The van der Waals surface area contributed by atoms with Gasteiger partial charge in [-0.05, 0) is 97.9 Å². The van der Waals surface area contributed by atoms with E-state index < -0.39 is 0 Å². The second-order valence-electron chi connectivity index (χ2n) is 8.88. The highest BCUT2D eigenvalue weighted by molar-refractivity contribution is 5.72. The lowest BCUT2D eigenvalue weighted by Crippen LogP contribution is -2.07. The van der Waals surface area contributed by atoms with E-state index in [9.17, 15) is 0 Å². The van der Waals surface area contributed by atoms with Crippen LogP contribution in [0.1, 0.15) is 95.9 Å². The topological polar surface area (TPSA) is 0 Å². The van der Waals surface area contributed by atoms with Gasteiger partial charge in [0.2, 0.25) is 0 Å². The van der Waals surface area contributed by atoms with Crippen LogP contribution in [0.4, 0.5) is 0 Å². The minimum atomic E-state index is 0.604. The number of rotatable bonds is 5. The summed E-state index contributed by atoms with van der Waals surface area (Å²) in [5, 5.41) is 0. The SMILES string of the molecule is CCC1=Cc2c(C)ccc(C)c2C1CCC1C(CC)=Cc2c(C)ccc(C)c21. The molecule has 0 amide bonds. The van der Waals surface area contributed by atoms with E-state index in [4.69, 9.17) is 0 Å². The molecule has 0 aliphatic heterocycles. The number of benzene rings is 2. The third-order valence-electron chi connectivity index (χ3n) is 7.26. The van der Waals surface area contributed by atoms with E-state index in [0.717, 1.165) is 12.8 Å². The molecule has 2 aliphatic carbocycles. The molecule has 4 rings (SSSR count). The highest BCUT2D eigenvalue weighted by atomic mass is 14.4. The molecule has 2 unspecified atom stereocenters. The average Bonchev–Trinajstić information content (AvgIpc) is 3.25. The monoisotopic (exact) mass is 370 g/mol. The van der Waals surface area contributed by atoms with Gasteiger partial charge in [0.15, 0.2) is 0 Å². The lowest BCUT2D eigenvalue weighted by Gasteiger charge is -2.23. The minimum Gasteiger partial charge on any atom is -0.0623 e. The molecule has 146 valence electrons. The lowest BCUT2D eigenvalue weighted by atomic mass is 9.80. The van der Waals surface area contributed by atoms with Crippen molar-refractivity contribution in [1.29, 1.82) is 0 Å². The number of fused-ring (bicyclic) bond motifs is 2. The Kier molecular flexibility index (Phi) is 5.08. The third-order valence-corrected chi connectivity index (χ3v) is 7.26. The molecule has 2 aromatic rings. The van der Waals surface area contributed by atoms with E-state index in [1.54, 1.807) is 22.3 Å². The van der Waals surface area contributed by atoms with Gasteiger partial charge in [0.05, 0.1) is 0 Å². The van der Waals surface area contributed by atoms with E-state index in [0.29, 0.717) is 11.8 Å². The molecule has 0 nitrogen and oxygen atoms in total. The van der Waals surface area contributed by atoms with Gasteiger partial charge in [-0.2, -0.15) is 0 Å². The quantitative estimate of drug-likeness (QED) is 0.497. The Morgan fingerprint density at radius 2 is 0.929 bits per heavy atom. The molecule has 0 heterocycles. The van der Waals surface area contributed by atoms with Gasteiger partial charge in [-0.1, -0.05) is 61.4 Å². The number of hydrogen-bond acceptors (Lipinski definition) is 0. The van der Waals surface area contributed by atoms with Crippen LogP contribution in [0.5, 0.6) is 0 Å². The van der Waals surface area contributed by atoms with Crippen molar-refractivity contribution in [2.24, 2.45) is 0 Å². The van der Waals surface area contributed by atoms with E-state index in [-0.39, 0.29) is 0 Å². The molecule has 0 spiro atoms. The highest BCUT2D eigenvalue weighted by Gasteiger charge is 2.31. The maximum atomic E-state index is 2.50. The zero-order chi connectivity index (χ0) is 20.0. The maximum Gasteiger partial charge on any atom is 0.00603 e. The summed E-state index contributed by atoms with van der Waals surface area (Å²) < 4.78 is 0. The van der Waals surface area contributed by atoms with Crippen LogP contribution in [0.25, 0.3) is 12.2 Å². The summed E-state index contributed by atoms with van der Waals surface area (Å²) in [5.74, 6) is 1.21. The highest BCUT2D eigenvalue weighted by Crippen LogP contribution is 2.48. The van der Waals surface area contributed by atoms with Crippen molar-refractivity contribution in [2.45, 2.75) is 79.1 Å². The number of allylic oxidation sites excluding steroid dienone is 2. The predicted octanol–water partition coefficient (Wildman–Crippen LogP) is 8.18. The van der Waals surface area contributed by atoms with Crippen molar-refractivity contribution in [3.05, 3.63) is 79.9 Å². The Morgan fingerprint density at radius 1 is 0.571 bits per heavy atom. The maximum absolute atomic E-state index is 2.50. The Hall–Kier alpha value is -2.08. The normalized spacial score (nSPS) is 20.1. The van der Waals surface area contributed by atoms with Crippen molar-refractivity contribution in [3.8, 4) is 0 Å². The summed E-state index contributed by atoms with van der Waals surface area (Å²) in [4.78, 5) is 0. The van der Waals surface area contributed by atoms with Gasteiger partial charge in [-0.3, -0.25) is 0 Å². The van der Waals surface area contributed by atoms with Crippen molar-refractivity contribution < 1.29 is 0 Å². The Balaban J connectivity index is 1.66. The van der Waals surface area contributed by atoms with Crippen LogP contribution in [0.15, 0.2) is 35.4 Å². The zero-order valence-electron chi connectivity index (χ0n) is 18.4. The van der Waals surface area contributed by atoms with Crippen LogP contribution in [0, 0.1) is 27.7 Å². The summed E-state index contributed by atoms with van der Waals surface area (Å²) in [5.41, 5.74) is 15.3. The van der Waals surface area contributed by atoms with Crippen LogP contribution in [-0.2, 0) is 0 Å². The van der Waals surface area contributed by atoms with Gasteiger partial charge in [0.1, 0.15) is 0 Å². The van der Waals surface area contributed by atoms with Crippen LogP contribution < -0.4 is 0 Å². The lowest BCUT2D eigenvalue weighted by molar-refractivity contribution is 0.593. The van der Waals surface area contributed by atoms with Crippen molar-refractivity contribution in [2.75, 3.05) is 0 Å². The predicted molar refractivity (Wildman–Crippen MR) is 123 cm³/mol. The first-order valence-corrected chi connectivity index (χ1v) is 11.1. The first kappa shape index (κ1) is 19.2. The fraction of sp³-hybridized carbons (Fsp3) is 0.429. The molecule has 0 saturated carbocycles. The molecule has 2 atom stereocenters. The summed E-state index contributed by atoms with van der Waals surface area (Å²) in [7, 11) is 0. The van der Waals surface area contributed by atoms with Crippen LogP contribution >= 0.6 is 0 Å². The molecule has 0 heteroatoms. The Morgan fingerprint density at radius 3 is 1.29 bits per heavy atom. The van der Waals surface area contributed by atoms with Gasteiger partial charge < -0.3 is 0 Å². The Labute approximate surface area is 171 Å². The first-order chi connectivity index (χ1) is 13.5. The molecular formula is C28H34. The smallest absolute Gasteiger partial charge is 0.00603 e. The van der Waals surface area contributed by atoms with E-state index in [2.05, 4.69) is 78.0 Å². The number of aryl methyl sites for hydroxylation is 4. The molecular weight excluding hydrogens is 336 g/mol. The van der Waals surface area contributed by atoms with Crippen LogP contribution in [0.3, 0.4) is 0 Å². The molecule has 0 aromatic heterocycles. The summed E-state index contributed by atoms with van der Waals surface area (Å²) in [6.07, 6.45) is 9.83. The molecule has 2 aliphatic rings. The second-order valence-corrected chi connectivity index (χ2v) is 8.88. The largest absolute Gasteiger partial charge is 0.0623 e. The third kappa shape index (κ3) is 2.98. The summed E-state index contributed by atoms with van der Waals surface area (Å²) >= 11 is 0. The molecule has 0 saturated heterocycles. The summed E-state index contributed by atoms with van der Waals surface area (Å²) in [6, 6.07) is 9.22. The molecule has 28 heavy (non-hydrogen) atoms. The summed E-state index contributed by atoms with van der Waals surface area (Å²) in [6.45, 7) is 13.8. The van der Waals surface area contributed by atoms with Gasteiger partial charge in [-0.15, -0.1) is 0 Å². The standard InChI is InChI=1S/C28H34/c1-7-21-15-25-17(3)9-11-19(5)27(25)23(21)13-14-24-22(8-2)16-26-18(4)10-12-20(6)28(24)26/h9-12,15-16,23-24H,7-8,13-14H2,1-6H3. The minimum absolute atomic E-state index is 0.604. The molecule has 0 radical (unpaired) electrons. The van der Waals surface area contributed by atoms with Gasteiger partial charge >= 0.3 is 0 Å². The molecule has 0 fully saturated rings. The fourth-order valence-corrected chi connectivity index (χ4v) is 5.65. The van der Waals surface area contributed by atoms with E-state index >= 15 is 0 Å².